The minimum absolute atomic E-state index is 0.0147. The van der Waals surface area contributed by atoms with Crippen LogP contribution in [0, 0.1) is 10.5 Å². The van der Waals surface area contributed by atoms with E-state index in [-0.39, 0.29) is 5.91 Å². The van der Waals surface area contributed by atoms with Crippen LogP contribution in [-0.2, 0) is 6.54 Å². The summed E-state index contributed by atoms with van der Waals surface area (Å²) in [7, 11) is 0. The van der Waals surface area contributed by atoms with E-state index in [9.17, 15) is 4.79 Å². The van der Waals surface area contributed by atoms with Gasteiger partial charge in [0.1, 0.15) is 0 Å². The molecule has 1 N–H and O–H groups in total. The topological polar surface area (TPSA) is 34.0 Å². The van der Waals surface area contributed by atoms with Crippen LogP contribution in [0.25, 0.3) is 10.9 Å². The van der Waals surface area contributed by atoms with Gasteiger partial charge < -0.3 is 9.88 Å². The van der Waals surface area contributed by atoms with Crippen LogP contribution in [0.1, 0.15) is 16.1 Å². The molecule has 1 aromatic heterocycles. The Morgan fingerprint density at radius 2 is 1.86 bits per heavy atom. The average Bonchev–Trinajstić information content (AvgIpc) is 2.83. The number of para-hydroxylation sites is 1. The van der Waals surface area contributed by atoms with Crippen molar-refractivity contribution in [3.8, 4) is 0 Å². The fourth-order valence-corrected chi connectivity index (χ4v) is 3.30. The second kappa shape index (κ2) is 6.52. The molecule has 0 saturated carbocycles. The van der Waals surface area contributed by atoms with Gasteiger partial charge in [-0.15, -0.1) is 0 Å². The number of carbonyl (C=O) groups is 1. The summed E-state index contributed by atoms with van der Waals surface area (Å²) < 4.78 is 3.21. The fourth-order valence-electron chi connectivity index (χ4n) is 2.67. The zero-order chi connectivity index (χ0) is 15.5. The fraction of sp³-hybridized carbons (Fsp3) is 0.167. The van der Waals surface area contributed by atoms with Gasteiger partial charge in [0.2, 0.25) is 0 Å². The summed E-state index contributed by atoms with van der Waals surface area (Å²) in [5, 5.41) is 4.25. The van der Waals surface area contributed by atoms with E-state index in [1.54, 1.807) is 0 Å². The average molecular weight is 404 g/mol. The van der Waals surface area contributed by atoms with Gasteiger partial charge in [0.15, 0.2) is 0 Å². The Labute approximate surface area is 143 Å². The number of rotatable bonds is 4. The number of aryl methyl sites for hydroxylation is 1. The summed E-state index contributed by atoms with van der Waals surface area (Å²) in [6, 6.07) is 18.1. The zero-order valence-corrected chi connectivity index (χ0v) is 14.5. The minimum Gasteiger partial charge on any atom is -0.350 e. The van der Waals surface area contributed by atoms with Crippen LogP contribution >= 0.6 is 22.6 Å². The van der Waals surface area contributed by atoms with Crippen LogP contribution in [0.5, 0.6) is 0 Å². The highest BCUT2D eigenvalue weighted by Crippen LogP contribution is 2.18. The molecule has 22 heavy (non-hydrogen) atoms. The predicted octanol–water partition coefficient (Wildman–Crippen LogP) is 3.98. The lowest BCUT2D eigenvalue weighted by molar-refractivity contribution is 0.0951. The molecule has 0 unspecified atom stereocenters. The molecule has 0 spiro atoms. The number of nitrogens with zero attached hydrogens (tertiary/aromatic N) is 1. The molecule has 0 radical (unpaired) electrons. The second-order valence-corrected chi connectivity index (χ2v) is 6.39. The lowest BCUT2D eigenvalue weighted by Crippen LogP contribution is -2.28. The number of hydrogen-bond acceptors (Lipinski definition) is 1. The number of halogens is 1. The van der Waals surface area contributed by atoms with E-state index >= 15 is 0 Å². The van der Waals surface area contributed by atoms with Crippen molar-refractivity contribution in [2.75, 3.05) is 6.54 Å². The van der Waals surface area contributed by atoms with Gasteiger partial charge in [-0.1, -0.05) is 30.3 Å². The lowest BCUT2D eigenvalue weighted by atomic mass is 10.2. The first-order valence-electron chi connectivity index (χ1n) is 7.24. The minimum atomic E-state index is -0.0147. The SMILES string of the molecule is Cc1cc2ccccc2n1CCNC(=O)c1ccccc1I. The summed E-state index contributed by atoms with van der Waals surface area (Å²) >= 11 is 2.19. The molecule has 0 aliphatic carbocycles. The molecule has 3 rings (SSSR count). The standard InChI is InChI=1S/C18H17IN2O/c1-13-12-14-6-2-5-9-17(14)21(13)11-10-20-18(22)15-7-3-4-8-16(15)19/h2-9,12H,10-11H2,1H3,(H,20,22). The van der Waals surface area contributed by atoms with E-state index in [0.717, 1.165) is 15.7 Å². The van der Waals surface area contributed by atoms with E-state index in [1.165, 1.54) is 16.6 Å². The molecule has 0 atom stereocenters. The van der Waals surface area contributed by atoms with Crippen molar-refractivity contribution < 1.29 is 4.79 Å². The molecule has 3 nitrogen and oxygen atoms in total. The number of hydrogen-bond donors (Lipinski definition) is 1. The number of benzene rings is 2. The Kier molecular flexibility index (Phi) is 4.47. The maximum absolute atomic E-state index is 12.2. The molecule has 0 fully saturated rings. The van der Waals surface area contributed by atoms with E-state index in [4.69, 9.17) is 0 Å². The maximum atomic E-state index is 12.2. The van der Waals surface area contributed by atoms with Gasteiger partial charge in [0.05, 0.1) is 5.56 Å². The third kappa shape index (κ3) is 3.02. The molecular formula is C18H17IN2O. The maximum Gasteiger partial charge on any atom is 0.252 e. The Morgan fingerprint density at radius 1 is 1.14 bits per heavy atom. The molecule has 112 valence electrons. The molecule has 4 heteroatoms. The van der Waals surface area contributed by atoms with E-state index in [1.807, 2.05) is 36.4 Å². The molecule has 1 heterocycles. The first-order chi connectivity index (χ1) is 10.7. The van der Waals surface area contributed by atoms with Crippen LogP contribution in [-0.4, -0.2) is 17.0 Å². The van der Waals surface area contributed by atoms with Crippen molar-refractivity contribution in [1.82, 2.24) is 9.88 Å². The van der Waals surface area contributed by atoms with E-state index in [0.29, 0.717) is 6.54 Å². The van der Waals surface area contributed by atoms with Crippen molar-refractivity contribution in [1.29, 1.82) is 0 Å². The van der Waals surface area contributed by atoms with Crippen LogP contribution in [0.2, 0.25) is 0 Å². The summed E-state index contributed by atoms with van der Waals surface area (Å²) in [4.78, 5) is 12.2. The number of aromatic nitrogens is 1. The van der Waals surface area contributed by atoms with Gasteiger partial charge in [-0.05, 0) is 59.2 Å². The van der Waals surface area contributed by atoms with Crippen LogP contribution < -0.4 is 5.32 Å². The van der Waals surface area contributed by atoms with Gasteiger partial charge >= 0.3 is 0 Å². The smallest absolute Gasteiger partial charge is 0.252 e. The quantitative estimate of drug-likeness (QED) is 0.656. The van der Waals surface area contributed by atoms with Gasteiger partial charge in [0, 0.05) is 27.9 Å². The highest BCUT2D eigenvalue weighted by Gasteiger charge is 2.09. The third-order valence-electron chi connectivity index (χ3n) is 3.76. The third-order valence-corrected chi connectivity index (χ3v) is 4.70. The first-order valence-corrected chi connectivity index (χ1v) is 8.32. The van der Waals surface area contributed by atoms with Crippen LogP contribution in [0.3, 0.4) is 0 Å². The Morgan fingerprint density at radius 3 is 2.68 bits per heavy atom. The molecule has 2 aromatic carbocycles. The Balaban J connectivity index is 1.69. The van der Waals surface area contributed by atoms with Crippen LogP contribution in [0.15, 0.2) is 54.6 Å². The van der Waals surface area contributed by atoms with Gasteiger partial charge in [-0.2, -0.15) is 0 Å². The monoisotopic (exact) mass is 404 g/mol. The van der Waals surface area contributed by atoms with Gasteiger partial charge in [0.25, 0.3) is 5.91 Å². The van der Waals surface area contributed by atoms with Gasteiger partial charge in [-0.3, -0.25) is 4.79 Å². The zero-order valence-electron chi connectivity index (χ0n) is 12.3. The number of carbonyl (C=O) groups excluding carboxylic acids is 1. The lowest BCUT2D eigenvalue weighted by Gasteiger charge is -2.10. The molecule has 0 aliphatic heterocycles. The predicted molar refractivity (Wildman–Crippen MR) is 98.2 cm³/mol. The summed E-state index contributed by atoms with van der Waals surface area (Å²) in [5.41, 5.74) is 3.16. The van der Waals surface area contributed by atoms with Crippen molar-refractivity contribution in [2.45, 2.75) is 13.5 Å². The highest BCUT2D eigenvalue weighted by atomic mass is 127. The largest absolute Gasteiger partial charge is 0.350 e. The molecule has 0 saturated heterocycles. The van der Waals surface area contributed by atoms with Crippen molar-refractivity contribution in [3.05, 3.63) is 69.4 Å². The highest BCUT2D eigenvalue weighted by molar-refractivity contribution is 14.1. The Bertz CT molecular complexity index is 823. The van der Waals surface area contributed by atoms with Crippen molar-refractivity contribution in [2.24, 2.45) is 0 Å². The van der Waals surface area contributed by atoms with Crippen molar-refractivity contribution >= 4 is 39.4 Å². The summed E-state index contributed by atoms with van der Waals surface area (Å²) in [5.74, 6) is -0.0147. The summed E-state index contributed by atoms with van der Waals surface area (Å²) in [6.45, 7) is 3.49. The number of fused-ring (bicyclic) bond motifs is 1. The normalized spacial score (nSPS) is 10.8. The number of nitrogens with one attached hydrogen (secondary N) is 1. The molecule has 3 aromatic rings. The van der Waals surface area contributed by atoms with Crippen LogP contribution in [0.4, 0.5) is 0 Å². The van der Waals surface area contributed by atoms with Gasteiger partial charge in [-0.25, -0.2) is 0 Å². The van der Waals surface area contributed by atoms with E-state index < -0.39 is 0 Å². The number of amides is 1. The van der Waals surface area contributed by atoms with Crippen molar-refractivity contribution in [3.63, 3.8) is 0 Å². The Hall–Kier alpha value is -1.82. The summed E-state index contributed by atoms with van der Waals surface area (Å²) in [6.07, 6.45) is 0. The second-order valence-electron chi connectivity index (χ2n) is 5.23. The first kappa shape index (κ1) is 15.1. The molecule has 0 bridgehead atoms. The molecular weight excluding hydrogens is 387 g/mol. The van der Waals surface area contributed by atoms with E-state index in [2.05, 4.69) is 57.6 Å². The molecule has 0 aliphatic rings. The molecule has 1 amide bonds.